The van der Waals surface area contributed by atoms with Gasteiger partial charge in [0.2, 0.25) is 11.7 Å². The minimum absolute atomic E-state index is 0.304. The molecule has 0 bridgehead atoms. The second-order valence-corrected chi connectivity index (χ2v) is 4.39. The fourth-order valence-corrected chi connectivity index (χ4v) is 1.89. The molecule has 1 atom stereocenters. The van der Waals surface area contributed by atoms with Gasteiger partial charge in [0.1, 0.15) is 11.4 Å². The molecule has 2 heterocycles. The van der Waals surface area contributed by atoms with E-state index in [2.05, 4.69) is 10.1 Å². The highest BCUT2D eigenvalue weighted by molar-refractivity contribution is 5.53. The number of nitrogens with zero attached hydrogens (tertiary/aromatic N) is 2. The molecular formula is C12H12FN3O2. The second-order valence-electron chi connectivity index (χ2n) is 4.39. The minimum Gasteiger partial charge on any atom is -0.379 e. The van der Waals surface area contributed by atoms with E-state index in [0.717, 1.165) is 0 Å². The van der Waals surface area contributed by atoms with Crippen molar-refractivity contribution in [3.05, 3.63) is 36.0 Å². The molecule has 6 heteroatoms. The van der Waals surface area contributed by atoms with E-state index < -0.39 is 5.54 Å². The fraction of sp³-hybridized carbons (Fsp3) is 0.333. The van der Waals surface area contributed by atoms with Crippen molar-refractivity contribution in [3.8, 4) is 11.4 Å². The quantitative estimate of drug-likeness (QED) is 0.871. The summed E-state index contributed by atoms with van der Waals surface area (Å²) in [5, 5.41) is 3.86. The third kappa shape index (κ3) is 1.89. The largest absolute Gasteiger partial charge is 0.379 e. The van der Waals surface area contributed by atoms with Gasteiger partial charge in [-0.05, 0) is 30.7 Å². The van der Waals surface area contributed by atoms with Crippen molar-refractivity contribution in [3.63, 3.8) is 0 Å². The van der Waals surface area contributed by atoms with Crippen LogP contribution in [0.25, 0.3) is 11.4 Å². The van der Waals surface area contributed by atoms with Gasteiger partial charge in [0.25, 0.3) is 0 Å². The molecule has 0 radical (unpaired) electrons. The summed E-state index contributed by atoms with van der Waals surface area (Å²) < 4.78 is 23.2. The van der Waals surface area contributed by atoms with Crippen LogP contribution in [0.3, 0.4) is 0 Å². The van der Waals surface area contributed by atoms with E-state index in [9.17, 15) is 4.39 Å². The topological polar surface area (TPSA) is 74.2 Å². The van der Waals surface area contributed by atoms with Crippen LogP contribution in [-0.4, -0.2) is 23.4 Å². The van der Waals surface area contributed by atoms with E-state index >= 15 is 0 Å². The number of aromatic nitrogens is 2. The maximum Gasteiger partial charge on any atom is 0.249 e. The second kappa shape index (κ2) is 4.15. The Kier molecular flexibility index (Phi) is 2.61. The summed E-state index contributed by atoms with van der Waals surface area (Å²) in [6.07, 6.45) is 0.651. The lowest BCUT2D eigenvalue weighted by Gasteiger charge is -2.14. The number of hydrogen-bond donors (Lipinski definition) is 1. The molecule has 18 heavy (non-hydrogen) atoms. The Morgan fingerprint density at radius 2 is 2.06 bits per heavy atom. The molecule has 2 N–H and O–H groups in total. The van der Waals surface area contributed by atoms with E-state index in [4.69, 9.17) is 15.0 Å². The molecule has 0 spiro atoms. The van der Waals surface area contributed by atoms with E-state index in [-0.39, 0.29) is 5.82 Å². The first-order chi connectivity index (χ1) is 8.67. The Bertz CT molecular complexity index is 547. The summed E-state index contributed by atoms with van der Waals surface area (Å²) >= 11 is 0. The van der Waals surface area contributed by atoms with Crippen LogP contribution in [0.4, 0.5) is 4.39 Å². The van der Waals surface area contributed by atoms with Crippen LogP contribution in [0.5, 0.6) is 0 Å². The van der Waals surface area contributed by atoms with Crippen LogP contribution in [0.2, 0.25) is 0 Å². The normalized spacial score (nSPS) is 23.4. The Hall–Kier alpha value is -1.79. The molecule has 94 valence electrons. The molecule has 0 aliphatic carbocycles. The van der Waals surface area contributed by atoms with Crippen LogP contribution in [-0.2, 0) is 10.3 Å². The van der Waals surface area contributed by atoms with E-state index in [1.165, 1.54) is 12.1 Å². The van der Waals surface area contributed by atoms with Crippen molar-refractivity contribution in [2.45, 2.75) is 12.0 Å². The van der Waals surface area contributed by atoms with Crippen molar-refractivity contribution >= 4 is 0 Å². The molecule has 1 aromatic heterocycles. The summed E-state index contributed by atoms with van der Waals surface area (Å²) in [5.41, 5.74) is 6.10. The number of hydrogen-bond acceptors (Lipinski definition) is 5. The number of ether oxygens (including phenoxy) is 1. The molecule has 5 nitrogen and oxygen atoms in total. The zero-order valence-electron chi connectivity index (χ0n) is 9.60. The summed E-state index contributed by atoms with van der Waals surface area (Å²) in [5.74, 6) is 0.461. The molecular weight excluding hydrogens is 237 g/mol. The van der Waals surface area contributed by atoms with Crippen molar-refractivity contribution in [2.75, 3.05) is 13.2 Å². The standard InChI is InChI=1S/C12H12FN3O2/c13-9-3-1-8(2-4-9)10-15-11(18-16-10)12(14)5-6-17-7-12/h1-4H,5-7,14H2. The molecule has 1 unspecified atom stereocenters. The van der Waals surface area contributed by atoms with Crippen LogP contribution < -0.4 is 5.73 Å². The summed E-state index contributed by atoms with van der Waals surface area (Å²) in [4.78, 5) is 4.26. The average molecular weight is 249 g/mol. The highest BCUT2D eigenvalue weighted by atomic mass is 19.1. The van der Waals surface area contributed by atoms with E-state index in [1.54, 1.807) is 12.1 Å². The first-order valence-corrected chi connectivity index (χ1v) is 5.64. The first-order valence-electron chi connectivity index (χ1n) is 5.64. The molecule has 0 saturated carbocycles. The lowest BCUT2D eigenvalue weighted by molar-refractivity contribution is 0.166. The van der Waals surface area contributed by atoms with Gasteiger partial charge in [-0.15, -0.1) is 0 Å². The van der Waals surface area contributed by atoms with E-state index in [1.807, 2.05) is 0 Å². The van der Waals surface area contributed by atoms with Crippen molar-refractivity contribution in [1.29, 1.82) is 0 Å². The fourth-order valence-electron chi connectivity index (χ4n) is 1.89. The Morgan fingerprint density at radius 3 is 2.72 bits per heavy atom. The molecule has 1 fully saturated rings. The molecule has 3 rings (SSSR count). The third-order valence-corrected chi connectivity index (χ3v) is 3.01. The minimum atomic E-state index is -0.703. The van der Waals surface area contributed by atoms with Crippen molar-refractivity contribution in [1.82, 2.24) is 10.1 Å². The van der Waals surface area contributed by atoms with Gasteiger partial charge in [-0.1, -0.05) is 5.16 Å². The number of nitrogens with two attached hydrogens (primary N) is 1. The smallest absolute Gasteiger partial charge is 0.249 e. The highest BCUT2D eigenvalue weighted by Gasteiger charge is 2.38. The average Bonchev–Trinajstić information content (AvgIpc) is 2.99. The lowest BCUT2D eigenvalue weighted by atomic mass is 10.0. The van der Waals surface area contributed by atoms with Crippen LogP contribution in [0, 0.1) is 5.82 Å². The van der Waals surface area contributed by atoms with Gasteiger partial charge in [-0.2, -0.15) is 4.98 Å². The van der Waals surface area contributed by atoms with E-state index in [0.29, 0.717) is 36.9 Å². The third-order valence-electron chi connectivity index (χ3n) is 3.01. The lowest BCUT2D eigenvalue weighted by Crippen LogP contribution is -2.37. The predicted octanol–water partition coefficient (Wildman–Crippen LogP) is 1.45. The molecule has 1 aliphatic rings. The van der Waals surface area contributed by atoms with Crippen LogP contribution in [0.1, 0.15) is 12.3 Å². The van der Waals surface area contributed by atoms with Gasteiger partial charge in [0.05, 0.1) is 6.61 Å². The number of rotatable bonds is 2. The summed E-state index contributed by atoms with van der Waals surface area (Å²) in [6, 6.07) is 5.89. The van der Waals surface area contributed by atoms with Crippen LogP contribution >= 0.6 is 0 Å². The predicted molar refractivity (Wildman–Crippen MR) is 61.0 cm³/mol. The number of benzene rings is 1. The molecule has 1 saturated heterocycles. The molecule has 1 aromatic carbocycles. The molecule has 2 aromatic rings. The molecule has 1 aliphatic heterocycles. The van der Waals surface area contributed by atoms with Gasteiger partial charge in [-0.25, -0.2) is 4.39 Å². The Balaban J connectivity index is 1.91. The number of halogens is 1. The van der Waals surface area contributed by atoms with Gasteiger partial charge < -0.3 is 15.0 Å². The Morgan fingerprint density at radius 1 is 1.28 bits per heavy atom. The summed E-state index contributed by atoms with van der Waals surface area (Å²) in [7, 11) is 0. The van der Waals surface area contributed by atoms with Crippen molar-refractivity contribution < 1.29 is 13.7 Å². The highest BCUT2D eigenvalue weighted by Crippen LogP contribution is 2.28. The van der Waals surface area contributed by atoms with Crippen LogP contribution in [0.15, 0.2) is 28.8 Å². The Labute approximate surface area is 103 Å². The first kappa shape index (κ1) is 11.3. The summed E-state index contributed by atoms with van der Waals surface area (Å²) in [6.45, 7) is 0.961. The van der Waals surface area contributed by atoms with Gasteiger partial charge in [-0.3, -0.25) is 0 Å². The maximum atomic E-state index is 12.8. The van der Waals surface area contributed by atoms with Gasteiger partial charge >= 0.3 is 0 Å². The zero-order chi connectivity index (χ0) is 12.6. The SMILES string of the molecule is NC1(c2nc(-c3ccc(F)cc3)no2)CCOC1. The van der Waals surface area contributed by atoms with Crippen molar-refractivity contribution in [2.24, 2.45) is 5.73 Å². The monoisotopic (exact) mass is 249 g/mol. The molecule has 0 amide bonds. The maximum absolute atomic E-state index is 12.8. The zero-order valence-corrected chi connectivity index (χ0v) is 9.60. The van der Waals surface area contributed by atoms with Gasteiger partial charge in [0, 0.05) is 12.2 Å². The van der Waals surface area contributed by atoms with Gasteiger partial charge in [0.15, 0.2) is 0 Å².